The maximum absolute atomic E-state index is 12.2. The minimum Gasteiger partial charge on any atom is -0.383 e. The number of carbonyl (C=O) groups is 1. The van der Waals surface area contributed by atoms with Gasteiger partial charge in [-0.05, 0) is 56.0 Å². The van der Waals surface area contributed by atoms with Gasteiger partial charge in [0, 0.05) is 19.2 Å². The zero-order chi connectivity index (χ0) is 14.4. The summed E-state index contributed by atoms with van der Waals surface area (Å²) in [7, 11) is 1.63. The van der Waals surface area contributed by atoms with Crippen LogP contribution in [0.2, 0.25) is 0 Å². The minimum absolute atomic E-state index is 0.00432. The van der Waals surface area contributed by atoms with Crippen LogP contribution in [0.15, 0.2) is 18.2 Å². The van der Waals surface area contributed by atoms with Crippen molar-refractivity contribution in [3.05, 3.63) is 34.9 Å². The molecule has 0 radical (unpaired) electrons. The molecule has 1 aromatic rings. The van der Waals surface area contributed by atoms with E-state index in [0.29, 0.717) is 19.1 Å². The molecule has 1 aliphatic rings. The number of ether oxygens (including phenoxy) is 1. The highest BCUT2D eigenvalue weighted by Gasteiger charge is 2.19. The molecule has 2 N–H and O–H groups in total. The predicted octanol–water partition coefficient (Wildman–Crippen LogP) is 1.84. The average molecular weight is 276 g/mol. The lowest BCUT2D eigenvalue weighted by molar-refractivity contribution is 0.0936. The molecule has 1 amide bonds. The Morgan fingerprint density at radius 2 is 2.15 bits per heavy atom. The number of carbonyl (C=O) groups excluding carboxylic acids is 1. The number of rotatable bonds is 5. The fourth-order valence-corrected chi connectivity index (χ4v) is 2.84. The molecule has 2 rings (SSSR count). The quantitative estimate of drug-likeness (QED) is 0.807. The van der Waals surface area contributed by atoms with E-state index in [4.69, 9.17) is 4.74 Å². The maximum atomic E-state index is 12.2. The monoisotopic (exact) mass is 276 g/mol. The first-order valence-corrected chi connectivity index (χ1v) is 7.31. The average Bonchev–Trinajstić information content (AvgIpc) is 2.48. The summed E-state index contributed by atoms with van der Waals surface area (Å²) in [6, 6.07) is 6.06. The van der Waals surface area contributed by atoms with Crippen molar-refractivity contribution in [3.63, 3.8) is 0 Å². The molecule has 4 heteroatoms. The predicted molar refractivity (Wildman–Crippen MR) is 80.2 cm³/mol. The molecule has 0 unspecified atom stereocenters. The van der Waals surface area contributed by atoms with Gasteiger partial charge in [-0.1, -0.05) is 12.1 Å². The fraction of sp³-hybridized carbons (Fsp3) is 0.562. The third kappa shape index (κ3) is 3.58. The van der Waals surface area contributed by atoms with Crippen LogP contribution in [0.5, 0.6) is 0 Å². The minimum atomic E-state index is -0.00432. The Kier molecular flexibility index (Phi) is 5.56. The number of nitrogens with one attached hydrogen (secondary N) is 2. The van der Waals surface area contributed by atoms with E-state index in [1.807, 2.05) is 12.1 Å². The first-order chi connectivity index (χ1) is 9.74. The van der Waals surface area contributed by atoms with Crippen LogP contribution in [0, 0.1) is 6.92 Å². The smallest absolute Gasteiger partial charge is 0.251 e. The van der Waals surface area contributed by atoms with Crippen molar-refractivity contribution in [1.82, 2.24) is 10.6 Å². The summed E-state index contributed by atoms with van der Waals surface area (Å²) in [5, 5.41) is 6.28. The standard InChI is InChI=1S/C16H24N2O2/c1-12-14(13-6-8-17-9-7-13)4-3-5-15(12)16(19)18-10-11-20-2/h3-5,13,17H,6-11H2,1-2H3,(H,18,19). The normalized spacial score (nSPS) is 16.1. The first-order valence-electron chi connectivity index (χ1n) is 7.31. The number of methoxy groups -OCH3 is 1. The summed E-state index contributed by atoms with van der Waals surface area (Å²) in [5.41, 5.74) is 3.23. The molecular weight excluding hydrogens is 252 g/mol. The second-order valence-corrected chi connectivity index (χ2v) is 5.29. The molecule has 1 aliphatic heterocycles. The fourth-order valence-electron chi connectivity index (χ4n) is 2.84. The van der Waals surface area contributed by atoms with Crippen molar-refractivity contribution in [2.45, 2.75) is 25.7 Å². The molecule has 1 heterocycles. The van der Waals surface area contributed by atoms with Crippen LogP contribution < -0.4 is 10.6 Å². The molecule has 1 aromatic carbocycles. The molecule has 0 aliphatic carbocycles. The molecule has 0 spiro atoms. The van der Waals surface area contributed by atoms with Crippen LogP contribution in [0.25, 0.3) is 0 Å². The molecule has 1 saturated heterocycles. The summed E-state index contributed by atoms with van der Waals surface area (Å²) in [4.78, 5) is 12.2. The highest BCUT2D eigenvalue weighted by Crippen LogP contribution is 2.29. The molecule has 4 nitrogen and oxygen atoms in total. The van der Waals surface area contributed by atoms with E-state index < -0.39 is 0 Å². The van der Waals surface area contributed by atoms with Crippen LogP contribution >= 0.6 is 0 Å². The van der Waals surface area contributed by atoms with Gasteiger partial charge in [0.05, 0.1) is 6.61 Å². The van der Waals surface area contributed by atoms with Crippen molar-refractivity contribution in [1.29, 1.82) is 0 Å². The highest BCUT2D eigenvalue weighted by molar-refractivity contribution is 5.95. The van der Waals surface area contributed by atoms with Gasteiger partial charge in [-0.3, -0.25) is 4.79 Å². The van der Waals surface area contributed by atoms with Gasteiger partial charge in [0.1, 0.15) is 0 Å². The Labute approximate surface area is 120 Å². The van der Waals surface area contributed by atoms with Crippen LogP contribution in [-0.2, 0) is 4.74 Å². The molecule has 1 fully saturated rings. The summed E-state index contributed by atoms with van der Waals surface area (Å²) in [6.07, 6.45) is 2.30. The highest BCUT2D eigenvalue weighted by atomic mass is 16.5. The van der Waals surface area contributed by atoms with E-state index in [9.17, 15) is 4.79 Å². The third-order valence-corrected chi connectivity index (χ3v) is 3.99. The van der Waals surface area contributed by atoms with Gasteiger partial charge in [-0.2, -0.15) is 0 Å². The second kappa shape index (κ2) is 7.41. The number of benzene rings is 1. The lowest BCUT2D eigenvalue weighted by atomic mass is 9.86. The Bertz CT molecular complexity index is 454. The first kappa shape index (κ1) is 15.0. The van der Waals surface area contributed by atoms with Crippen LogP contribution in [0.1, 0.15) is 40.2 Å². The molecule has 110 valence electrons. The van der Waals surface area contributed by atoms with E-state index in [-0.39, 0.29) is 5.91 Å². The number of hydrogen-bond acceptors (Lipinski definition) is 3. The van der Waals surface area contributed by atoms with Gasteiger partial charge in [-0.15, -0.1) is 0 Å². The van der Waals surface area contributed by atoms with Gasteiger partial charge in [-0.25, -0.2) is 0 Å². The van der Waals surface area contributed by atoms with E-state index in [2.05, 4.69) is 23.6 Å². The van der Waals surface area contributed by atoms with Crippen LogP contribution in [0.4, 0.5) is 0 Å². The lowest BCUT2D eigenvalue weighted by Crippen LogP contribution is -2.29. The van der Waals surface area contributed by atoms with Gasteiger partial charge in [0.25, 0.3) is 5.91 Å². The van der Waals surface area contributed by atoms with Crippen molar-refractivity contribution in [3.8, 4) is 0 Å². The zero-order valence-electron chi connectivity index (χ0n) is 12.4. The van der Waals surface area contributed by atoms with Crippen molar-refractivity contribution < 1.29 is 9.53 Å². The Morgan fingerprint density at radius 3 is 2.85 bits per heavy atom. The van der Waals surface area contributed by atoms with E-state index in [1.54, 1.807) is 7.11 Å². The van der Waals surface area contributed by atoms with Gasteiger partial charge in [0.2, 0.25) is 0 Å². The van der Waals surface area contributed by atoms with E-state index in [0.717, 1.165) is 37.1 Å². The summed E-state index contributed by atoms with van der Waals surface area (Å²) in [6.45, 7) is 5.27. The SMILES string of the molecule is COCCNC(=O)c1cccc(C2CCNCC2)c1C. The van der Waals surface area contributed by atoms with Crippen LogP contribution in [-0.4, -0.2) is 39.3 Å². The van der Waals surface area contributed by atoms with Crippen LogP contribution in [0.3, 0.4) is 0 Å². The Balaban J connectivity index is 2.11. The molecular formula is C16H24N2O2. The lowest BCUT2D eigenvalue weighted by Gasteiger charge is -2.25. The Morgan fingerprint density at radius 1 is 1.40 bits per heavy atom. The third-order valence-electron chi connectivity index (χ3n) is 3.99. The summed E-state index contributed by atoms with van der Waals surface area (Å²) in [5.74, 6) is 0.568. The van der Waals surface area contributed by atoms with Gasteiger partial charge >= 0.3 is 0 Å². The molecule has 20 heavy (non-hydrogen) atoms. The maximum Gasteiger partial charge on any atom is 0.251 e. The largest absolute Gasteiger partial charge is 0.383 e. The van der Waals surface area contributed by atoms with Crippen molar-refractivity contribution in [2.24, 2.45) is 0 Å². The number of amides is 1. The second-order valence-electron chi connectivity index (χ2n) is 5.29. The Hall–Kier alpha value is -1.39. The summed E-state index contributed by atoms with van der Waals surface area (Å²) >= 11 is 0. The molecule has 0 bridgehead atoms. The van der Waals surface area contributed by atoms with Gasteiger partial charge < -0.3 is 15.4 Å². The van der Waals surface area contributed by atoms with Gasteiger partial charge in [0.15, 0.2) is 0 Å². The molecule has 0 saturated carbocycles. The molecule has 0 atom stereocenters. The topological polar surface area (TPSA) is 50.4 Å². The van der Waals surface area contributed by atoms with Crippen molar-refractivity contribution in [2.75, 3.05) is 33.4 Å². The summed E-state index contributed by atoms with van der Waals surface area (Å²) < 4.78 is 4.96. The van der Waals surface area contributed by atoms with E-state index >= 15 is 0 Å². The van der Waals surface area contributed by atoms with Crippen molar-refractivity contribution >= 4 is 5.91 Å². The number of piperidine rings is 1. The van der Waals surface area contributed by atoms with E-state index in [1.165, 1.54) is 5.56 Å². The zero-order valence-corrected chi connectivity index (χ0v) is 12.4. The number of hydrogen-bond donors (Lipinski definition) is 2. The molecule has 0 aromatic heterocycles.